The van der Waals surface area contributed by atoms with Gasteiger partial charge >= 0.3 is 5.97 Å². The van der Waals surface area contributed by atoms with Crippen LogP contribution in [-0.2, 0) is 4.79 Å². The monoisotopic (exact) mass is 208 g/mol. The summed E-state index contributed by atoms with van der Waals surface area (Å²) in [6.07, 6.45) is 0.420. The van der Waals surface area contributed by atoms with E-state index in [1.54, 1.807) is 0 Å². The van der Waals surface area contributed by atoms with Crippen molar-refractivity contribution in [2.45, 2.75) is 19.4 Å². The molecule has 0 fully saturated rings. The number of anilines is 1. The summed E-state index contributed by atoms with van der Waals surface area (Å²) >= 11 is 0. The van der Waals surface area contributed by atoms with Crippen LogP contribution in [0.25, 0.3) is 0 Å². The number of hydrogen-bond donors (Lipinski definition) is 3. The summed E-state index contributed by atoms with van der Waals surface area (Å²) in [6, 6.07) is 7.13. The highest BCUT2D eigenvalue weighted by atomic mass is 16.4. The fourth-order valence-electron chi connectivity index (χ4n) is 1.17. The molecule has 0 heterocycles. The summed E-state index contributed by atoms with van der Waals surface area (Å²) < 4.78 is 0. The van der Waals surface area contributed by atoms with Gasteiger partial charge in [-0.05, 0) is 25.5 Å². The van der Waals surface area contributed by atoms with Crippen molar-refractivity contribution in [2.75, 3.05) is 11.9 Å². The summed E-state index contributed by atoms with van der Waals surface area (Å²) in [6.45, 7) is 2.58. The Balaban J connectivity index is 2.32. The van der Waals surface area contributed by atoms with E-state index in [2.05, 4.69) is 5.32 Å². The smallest absolute Gasteiger partial charge is 0.320 e. The van der Waals surface area contributed by atoms with E-state index in [0.717, 1.165) is 5.69 Å². The average molecular weight is 208 g/mol. The number of hydrogen-bond acceptors (Lipinski definition) is 3. The Morgan fingerprint density at radius 1 is 1.47 bits per heavy atom. The van der Waals surface area contributed by atoms with Gasteiger partial charge in [0.05, 0.1) is 0 Å². The maximum absolute atomic E-state index is 10.4. The second-order valence-electron chi connectivity index (χ2n) is 3.53. The number of carbonyl (C=O) groups is 1. The second-order valence-corrected chi connectivity index (χ2v) is 3.53. The van der Waals surface area contributed by atoms with Crippen molar-refractivity contribution in [3.8, 4) is 0 Å². The number of aryl methyl sites for hydroxylation is 1. The Hall–Kier alpha value is -1.55. The second kappa shape index (κ2) is 5.36. The average Bonchev–Trinajstić information content (AvgIpc) is 2.20. The third-order valence-corrected chi connectivity index (χ3v) is 2.15. The van der Waals surface area contributed by atoms with E-state index in [9.17, 15) is 4.79 Å². The van der Waals surface area contributed by atoms with Crippen LogP contribution in [0, 0.1) is 6.92 Å². The number of aliphatic carboxylic acids is 1. The van der Waals surface area contributed by atoms with Crippen molar-refractivity contribution < 1.29 is 9.90 Å². The normalized spacial score (nSPS) is 12.1. The van der Waals surface area contributed by atoms with Crippen LogP contribution in [-0.4, -0.2) is 23.7 Å². The molecular weight excluding hydrogens is 192 g/mol. The molecule has 0 aromatic heterocycles. The molecule has 1 rings (SSSR count). The molecule has 0 radical (unpaired) electrons. The number of carboxylic acid groups (broad SMARTS) is 1. The molecule has 1 aromatic carbocycles. The highest BCUT2D eigenvalue weighted by Gasteiger charge is 2.09. The Labute approximate surface area is 89.1 Å². The molecule has 0 aliphatic carbocycles. The van der Waals surface area contributed by atoms with E-state index < -0.39 is 12.0 Å². The van der Waals surface area contributed by atoms with Gasteiger partial charge in [-0.15, -0.1) is 0 Å². The Kier molecular flexibility index (Phi) is 4.12. The number of nitrogens with two attached hydrogens (primary N) is 1. The van der Waals surface area contributed by atoms with Gasteiger partial charge in [0.1, 0.15) is 6.04 Å². The third-order valence-electron chi connectivity index (χ3n) is 2.15. The molecule has 0 saturated carbocycles. The van der Waals surface area contributed by atoms with Crippen molar-refractivity contribution in [1.82, 2.24) is 0 Å². The number of nitrogens with one attached hydrogen (secondary N) is 1. The van der Waals surface area contributed by atoms with Crippen LogP contribution in [0.1, 0.15) is 12.0 Å². The van der Waals surface area contributed by atoms with E-state index in [4.69, 9.17) is 10.8 Å². The lowest BCUT2D eigenvalue weighted by Gasteiger charge is -2.08. The van der Waals surface area contributed by atoms with Crippen LogP contribution >= 0.6 is 0 Å². The molecule has 1 atom stereocenters. The number of carboxylic acids is 1. The zero-order valence-electron chi connectivity index (χ0n) is 8.73. The van der Waals surface area contributed by atoms with Gasteiger partial charge in [0, 0.05) is 12.2 Å². The molecule has 0 spiro atoms. The number of benzene rings is 1. The largest absolute Gasteiger partial charge is 0.480 e. The van der Waals surface area contributed by atoms with Gasteiger partial charge in [0.25, 0.3) is 0 Å². The first-order valence-electron chi connectivity index (χ1n) is 4.88. The van der Waals surface area contributed by atoms with Crippen LogP contribution in [0.5, 0.6) is 0 Å². The van der Waals surface area contributed by atoms with Gasteiger partial charge in [-0.2, -0.15) is 0 Å². The first-order chi connectivity index (χ1) is 7.09. The summed E-state index contributed by atoms with van der Waals surface area (Å²) in [4.78, 5) is 10.4. The standard InChI is InChI=1S/C11H16N2O2/c1-8-2-4-9(5-3-8)13-7-6-10(12)11(14)15/h2-5,10,13H,6-7,12H2,1H3,(H,14,15). The van der Waals surface area contributed by atoms with Crippen molar-refractivity contribution in [2.24, 2.45) is 5.73 Å². The van der Waals surface area contributed by atoms with Crippen LogP contribution in [0.15, 0.2) is 24.3 Å². The Morgan fingerprint density at radius 2 is 2.07 bits per heavy atom. The van der Waals surface area contributed by atoms with Gasteiger partial charge in [0.2, 0.25) is 0 Å². The summed E-state index contributed by atoms with van der Waals surface area (Å²) in [7, 11) is 0. The third kappa shape index (κ3) is 3.99. The molecule has 82 valence electrons. The Morgan fingerprint density at radius 3 is 2.60 bits per heavy atom. The van der Waals surface area contributed by atoms with Gasteiger partial charge in [-0.3, -0.25) is 4.79 Å². The lowest BCUT2D eigenvalue weighted by atomic mass is 10.2. The van der Waals surface area contributed by atoms with E-state index >= 15 is 0 Å². The summed E-state index contributed by atoms with van der Waals surface area (Å²) in [5.41, 5.74) is 7.55. The molecular formula is C11H16N2O2. The van der Waals surface area contributed by atoms with E-state index in [-0.39, 0.29) is 0 Å². The summed E-state index contributed by atoms with van der Waals surface area (Å²) in [5.74, 6) is -0.958. The van der Waals surface area contributed by atoms with Gasteiger partial charge in [-0.25, -0.2) is 0 Å². The lowest BCUT2D eigenvalue weighted by Crippen LogP contribution is -2.32. The molecule has 4 N–H and O–H groups in total. The minimum atomic E-state index is -0.958. The van der Waals surface area contributed by atoms with Crippen LogP contribution < -0.4 is 11.1 Å². The predicted molar refractivity (Wildman–Crippen MR) is 59.9 cm³/mol. The fourth-order valence-corrected chi connectivity index (χ4v) is 1.17. The molecule has 15 heavy (non-hydrogen) atoms. The zero-order valence-corrected chi connectivity index (χ0v) is 8.73. The fraction of sp³-hybridized carbons (Fsp3) is 0.364. The summed E-state index contributed by atoms with van der Waals surface area (Å²) in [5, 5.41) is 11.7. The first-order valence-corrected chi connectivity index (χ1v) is 4.88. The molecule has 1 aromatic rings. The van der Waals surface area contributed by atoms with Crippen molar-refractivity contribution >= 4 is 11.7 Å². The first kappa shape index (κ1) is 11.5. The molecule has 4 heteroatoms. The quantitative estimate of drug-likeness (QED) is 0.679. The van der Waals surface area contributed by atoms with Gasteiger partial charge in [0.15, 0.2) is 0 Å². The maximum Gasteiger partial charge on any atom is 0.320 e. The van der Waals surface area contributed by atoms with Gasteiger partial charge < -0.3 is 16.2 Å². The molecule has 0 saturated heterocycles. The minimum Gasteiger partial charge on any atom is -0.480 e. The molecule has 4 nitrogen and oxygen atoms in total. The van der Waals surface area contributed by atoms with Crippen LogP contribution in [0.2, 0.25) is 0 Å². The molecule has 0 amide bonds. The molecule has 1 unspecified atom stereocenters. The zero-order chi connectivity index (χ0) is 11.3. The van der Waals surface area contributed by atoms with Gasteiger partial charge in [-0.1, -0.05) is 17.7 Å². The predicted octanol–water partition coefficient (Wildman–Crippen LogP) is 1.21. The minimum absolute atomic E-state index is 0.420. The van der Waals surface area contributed by atoms with E-state index in [1.165, 1.54) is 5.56 Å². The SMILES string of the molecule is Cc1ccc(NCCC(N)C(=O)O)cc1. The maximum atomic E-state index is 10.4. The van der Waals surface area contributed by atoms with E-state index in [0.29, 0.717) is 13.0 Å². The van der Waals surface area contributed by atoms with Crippen molar-refractivity contribution in [3.63, 3.8) is 0 Å². The molecule has 0 aliphatic rings. The highest BCUT2D eigenvalue weighted by molar-refractivity contribution is 5.73. The van der Waals surface area contributed by atoms with Crippen molar-refractivity contribution in [3.05, 3.63) is 29.8 Å². The van der Waals surface area contributed by atoms with Crippen LogP contribution in [0.3, 0.4) is 0 Å². The topological polar surface area (TPSA) is 75.3 Å². The van der Waals surface area contributed by atoms with Crippen molar-refractivity contribution in [1.29, 1.82) is 0 Å². The highest BCUT2D eigenvalue weighted by Crippen LogP contribution is 2.08. The van der Waals surface area contributed by atoms with E-state index in [1.807, 2.05) is 31.2 Å². The van der Waals surface area contributed by atoms with Crippen LogP contribution in [0.4, 0.5) is 5.69 Å². The Bertz CT molecular complexity index is 322. The molecule has 0 bridgehead atoms. The lowest BCUT2D eigenvalue weighted by molar-refractivity contribution is -0.138. The molecule has 0 aliphatic heterocycles. The number of rotatable bonds is 5.